The molecule has 0 aliphatic heterocycles. The smallest absolute Gasteiger partial charge is 0.250 e. The molecule has 5 nitrogen and oxygen atoms in total. The number of carbonyl (C=O) groups excluding carboxylic acids is 1. The van der Waals surface area contributed by atoms with Crippen LogP contribution in [-0.2, 0) is 24.7 Å². The van der Waals surface area contributed by atoms with Gasteiger partial charge >= 0.3 is 0 Å². The van der Waals surface area contributed by atoms with Gasteiger partial charge in [0.2, 0.25) is 5.91 Å². The number of thiazole rings is 1. The molecule has 6 heteroatoms. The second-order valence-electron chi connectivity index (χ2n) is 6.14. The molecule has 126 valence electrons. The summed E-state index contributed by atoms with van der Waals surface area (Å²) >= 11 is 1.44. The topological polar surface area (TPSA) is 59.8 Å². The van der Waals surface area contributed by atoms with Gasteiger partial charge in [-0.3, -0.25) is 14.8 Å². The van der Waals surface area contributed by atoms with Crippen molar-refractivity contribution in [2.24, 2.45) is 7.05 Å². The first kappa shape index (κ1) is 15.8. The molecule has 1 amide bonds. The minimum Gasteiger partial charge on any atom is -0.298 e. The van der Waals surface area contributed by atoms with Crippen LogP contribution in [-0.4, -0.2) is 20.7 Å². The number of aryl methyl sites for hydroxylation is 3. The van der Waals surface area contributed by atoms with E-state index >= 15 is 0 Å². The van der Waals surface area contributed by atoms with Gasteiger partial charge in [-0.05, 0) is 42.5 Å². The molecule has 1 aromatic carbocycles. The van der Waals surface area contributed by atoms with E-state index in [9.17, 15) is 4.79 Å². The molecule has 0 fully saturated rings. The summed E-state index contributed by atoms with van der Waals surface area (Å²) in [6, 6.07) is 6.55. The fourth-order valence-electron chi connectivity index (χ4n) is 3.04. The van der Waals surface area contributed by atoms with Crippen LogP contribution >= 0.6 is 11.3 Å². The summed E-state index contributed by atoms with van der Waals surface area (Å²) in [6.07, 6.45) is 10.3. The Morgan fingerprint density at radius 1 is 1.32 bits per heavy atom. The number of carbonyl (C=O) groups is 1. The Kier molecular flexibility index (Phi) is 4.19. The highest BCUT2D eigenvalue weighted by Gasteiger charge is 2.13. The van der Waals surface area contributed by atoms with Gasteiger partial charge in [0.05, 0.1) is 11.9 Å². The summed E-state index contributed by atoms with van der Waals surface area (Å²) in [5.41, 5.74) is 5.79. The third-order valence-corrected chi connectivity index (χ3v) is 5.04. The molecule has 0 saturated carbocycles. The van der Waals surface area contributed by atoms with E-state index in [0.717, 1.165) is 23.2 Å². The zero-order valence-corrected chi connectivity index (χ0v) is 14.7. The number of hydrogen-bond donors (Lipinski definition) is 1. The van der Waals surface area contributed by atoms with E-state index in [1.165, 1.54) is 41.4 Å². The van der Waals surface area contributed by atoms with Gasteiger partial charge in [-0.25, -0.2) is 4.98 Å². The van der Waals surface area contributed by atoms with Gasteiger partial charge in [-0.2, -0.15) is 5.10 Å². The predicted molar refractivity (Wildman–Crippen MR) is 100 cm³/mol. The summed E-state index contributed by atoms with van der Waals surface area (Å²) in [5.74, 6) is -0.196. The van der Waals surface area contributed by atoms with Crippen molar-refractivity contribution >= 4 is 28.5 Å². The van der Waals surface area contributed by atoms with E-state index < -0.39 is 0 Å². The Bertz CT molecular complexity index is 954. The molecule has 3 aromatic rings. The van der Waals surface area contributed by atoms with Crippen LogP contribution in [0.5, 0.6) is 0 Å². The summed E-state index contributed by atoms with van der Waals surface area (Å²) < 4.78 is 1.70. The van der Waals surface area contributed by atoms with Crippen molar-refractivity contribution in [3.8, 4) is 11.3 Å². The average Bonchev–Trinajstić information content (AvgIpc) is 3.32. The molecule has 25 heavy (non-hydrogen) atoms. The Morgan fingerprint density at radius 3 is 3.04 bits per heavy atom. The molecule has 1 N–H and O–H groups in total. The molecule has 0 saturated heterocycles. The minimum absolute atomic E-state index is 0.196. The van der Waals surface area contributed by atoms with Crippen LogP contribution < -0.4 is 5.32 Å². The lowest BCUT2D eigenvalue weighted by atomic mass is 10.1. The highest BCUT2D eigenvalue weighted by Crippen LogP contribution is 2.30. The van der Waals surface area contributed by atoms with Crippen LogP contribution in [0, 0.1) is 0 Å². The van der Waals surface area contributed by atoms with Gasteiger partial charge in [0.1, 0.15) is 0 Å². The summed E-state index contributed by atoms with van der Waals surface area (Å²) in [5, 5.41) is 9.47. The Labute approximate surface area is 150 Å². The fourth-order valence-corrected chi connectivity index (χ4v) is 3.76. The zero-order chi connectivity index (χ0) is 17.2. The maximum atomic E-state index is 12.0. The van der Waals surface area contributed by atoms with Gasteiger partial charge in [-0.15, -0.1) is 11.3 Å². The first-order valence-corrected chi connectivity index (χ1v) is 9.11. The fraction of sp³-hybridized carbons (Fsp3) is 0.211. The summed E-state index contributed by atoms with van der Waals surface area (Å²) in [7, 11) is 1.84. The highest BCUT2D eigenvalue weighted by molar-refractivity contribution is 7.14. The van der Waals surface area contributed by atoms with Crippen LogP contribution in [0.15, 0.2) is 42.0 Å². The number of aromatic nitrogens is 3. The van der Waals surface area contributed by atoms with Gasteiger partial charge in [-0.1, -0.05) is 12.1 Å². The van der Waals surface area contributed by atoms with E-state index in [1.54, 1.807) is 17.0 Å². The quantitative estimate of drug-likeness (QED) is 0.730. The Hall–Kier alpha value is -2.73. The monoisotopic (exact) mass is 350 g/mol. The largest absolute Gasteiger partial charge is 0.298 e. The zero-order valence-electron chi connectivity index (χ0n) is 13.9. The maximum absolute atomic E-state index is 12.0. The third-order valence-electron chi connectivity index (χ3n) is 4.28. The SMILES string of the molecule is Cn1cc(/C=C/C(=O)Nc2nc(-c3ccc4c(c3)CCC4)cs2)cn1. The van der Waals surface area contributed by atoms with Gasteiger partial charge < -0.3 is 0 Å². The van der Waals surface area contributed by atoms with E-state index in [2.05, 4.69) is 33.6 Å². The number of hydrogen-bond acceptors (Lipinski definition) is 4. The maximum Gasteiger partial charge on any atom is 0.250 e. The van der Waals surface area contributed by atoms with E-state index in [4.69, 9.17) is 0 Å². The van der Waals surface area contributed by atoms with Gasteiger partial charge in [0, 0.05) is 35.8 Å². The van der Waals surface area contributed by atoms with Crippen molar-refractivity contribution in [2.75, 3.05) is 5.32 Å². The molecule has 4 rings (SSSR count). The van der Waals surface area contributed by atoms with E-state index in [0.29, 0.717) is 5.13 Å². The van der Waals surface area contributed by atoms with Crippen molar-refractivity contribution in [1.82, 2.24) is 14.8 Å². The number of nitrogens with one attached hydrogen (secondary N) is 1. The van der Waals surface area contributed by atoms with Crippen LogP contribution in [0.1, 0.15) is 23.1 Å². The molecule has 0 spiro atoms. The molecule has 0 unspecified atom stereocenters. The minimum atomic E-state index is -0.196. The lowest BCUT2D eigenvalue weighted by molar-refractivity contribution is -0.111. The van der Waals surface area contributed by atoms with Crippen molar-refractivity contribution in [3.63, 3.8) is 0 Å². The van der Waals surface area contributed by atoms with Crippen LogP contribution in [0.3, 0.4) is 0 Å². The number of rotatable bonds is 4. The number of nitrogens with zero attached hydrogens (tertiary/aromatic N) is 3. The standard InChI is InChI=1S/C19H18N4OS/c1-23-11-13(10-20-23)5-8-18(24)22-19-21-17(12-25-19)16-7-6-14-3-2-4-15(14)9-16/h5-12H,2-4H2,1H3,(H,21,22,24)/b8-5+. The lowest BCUT2D eigenvalue weighted by Crippen LogP contribution is -2.07. The second kappa shape index (κ2) is 6.64. The van der Waals surface area contributed by atoms with E-state index in [-0.39, 0.29) is 5.91 Å². The molecule has 0 bridgehead atoms. The van der Waals surface area contributed by atoms with Gasteiger partial charge in [0.25, 0.3) is 0 Å². The third kappa shape index (κ3) is 3.53. The highest BCUT2D eigenvalue weighted by atomic mass is 32.1. The van der Waals surface area contributed by atoms with Crippen LogP contribution in [0.2, 0.25) is 0 Å². The summed E-state index contributed by atoms with van der Waals surface area (Å²) in [6.45, 7) is 0. The number of fused-ring (bicyclic) bond motifs is 1. The van der Waals surface area contributed by atoms with Crippen molar-refractivity contribution in [1.29, 1.82) is 0 Å². The Balaban J connectivity index is 1.44. The molecular formula is C19H18N4OS. The average molecular weight is 350 g/mol. The molecule has 0 radical (unpaired) electrons. The number of benzene rings is 1. The summed E-state index contributed by atoms with van der Waals surface area (Å²) in [4.78, 5) is 16.6. The molecule has 0 atom stereocenters. The number of amides is 1. The molecule has 2 heterocycles. The molecule has 1 aliphatic rings. The van der Waals surface area contributed by atoms with Gasteiger partial charge in [0.15, 0.2) is 5.13 Å². The predicted octanol–water partition coefficient (Wildman–Crippen LogP) is 3.68. The Morgan fingerprint density at radius 2 is 2.20 bits per heavy atom. The normalized spacial score (nSPS) is 13.3. The first-order chi connectivity index (χ1) is 12.2. The van der Waals surface area contributed by atoms with Crippen LogP contribution in [0.25, 0.3) is 17.3 Å². The molecular weight excluding hydrogens is 332 g/mol. The van der Waals surface area contributed by atoms with Crippen molar-refractivity contribution in [2.45, 2.75) is 19.3 Å². The second-order valence-corrected chi connectivity index (χ2v) is 7.00. The van der Waals surface area contributed by atoms with Crippen molar-refractivity contribution < 1.29 is 4.79 Å². The first-order valence-electron chi connectivity index (χ1n) is 8.23. The van der Waals surface area contributed by atoms with Crippen molar-refractivity contribution in [3.05, 3.63) is 58.7 Å². The van der Waals surface area contributed by atoms with E-state index in [1.807, 2.05) is 18.6 Å². The number of anilines is 1. The van der Waals surface area contributed by atoms with Crippen LogP contribution in [0.4, 0.5) is 5.13 Å². The molecule has 1 aliphatic carbocycles. The lowest BCUT2D eigenvalue weighted by Gasteiger charge is -2.02. The molecule has 2 aromatic heterocycles.